The Hall–Kier alpha value is -2.74. The summed E-state index contributed by atoms with van der Waals surface area (Å²) >= 11 is 0. The second-order valence-corrected chi connectivity index (χ2v) is 5.64. The molecule has 0 aliphatic carbocycles. The quantitative estimate of drug-likeness (QED) is 0.700. The summed E-state index contributed by atoms with van der Waals surface area (Å²) in [5.41, 5.74) is -0.739. The number of hydrogen-bond donors (Lipinski definition) is 1. The van der Waals surface area contributed by atoms with Crippen molar-refractivity contribution >= 4 is 5.91 Å². The third kappa shape index (κ3) is 6.49. The van der Waals surface area contributed by atoms with Gasteiger partial charge in [0.2, 0.25) is 0 Å². The van der Waals surface area contributed by atoms with E-state index < -0.39 is 17.8 Å². The summed E-state index contributed by atoms with van der Waals surface area (Å²) in [5.74, 6) is 0.906. The Morgan fingerprint density at radius 2 is 1.52 bits per heavy atom. The van der Waals surface area contributed by atoms with Crippen LogP contribution in [0.5, 0.6) is 17.2 Å². The van der Waals surface area contributed by atoms with E-state index in [1.807, 2.05) is 0 Å². The summed E-state index contributed by atoms with van der Waals surface area (Å²) in [5, 5.41) is 2.67. The van der Waals surface area contributed by atoms with Crippen molar-refractivity contribution in [2.45, 2.75) is 19.2 Å². The number of nitrogens with one attached hydrogen (secondary N) is 1. The Balaban J connectivity index is 1.90. The molecule has 0 aliphatic heterocycles. The Labute approximate surface area is 155 Å². The first kappa shape index (κ1) is 20.6. The largest absolute Gasteiger partial charge is 0.481 e. The first-order valence-corrected chi connectivity index (χ1v) is 8.18. The smallest absolute Gasteiger partial charge is 0.416 e. The lowest BCUT2D eigenvalue weighted by molar-refractivity contribution is -0.137. The molecule has 0 bridgehead atoms. The van der Waals surface area contributed by atoms with Crippen LogP contribution in [-0.4, -0.2) is 32.3 Å². The number of rotatable bonds is 8. The van der Waals surface area contributed by atoms with Crippen LogP contribution in [0.1, 0.15) is 12.5 Å². The van der Waals surface area contributed by atoms with Crippen LogP contribution in [0.15, 0.2) is 48.5 Å². The summed E-state index contributed by atoms with van der Waals surface area (Å²) in [6.07, 6.45) is -5.08. The molecule has 1 amide bonds. The molecule has 0 radical (unpaired) electrons. The lowest BCUT2D eigenvalue weighted by Crippen LogP contribution is -2.37. The van der Waals surface area contributed by atoms with Gasteiger partial charge in [-0.05, 0) is 55.5 Å². The summed E-state index contributed by atoms with van der Waals surface area (Å²) in [4.78, 5) is 11.8. The molecule has 1 N–H and O–H groups in total. The maximum atomic E-state index is 12.5. The van der Waals surface area contributed by atoms with Crippen LogP contribution in [0, 0.1) is 0 Å². The highest BCUT2D eigenvalue weighted by Gasteiger charge is 2.30. The zero-order chi connectivity index (χ0) is 19.9. The standard InChI is InChI=1S/C19H20F3NO4/c1-13(18(24)23-11-12-25-2)26-15-7-9-17(10-8-15)27-16-5-3-14(4-6-16)19(20,21)22/h3-10,13H,11-12H2,1-2H3,(H,23,24). The van der Waals surface area contributed by atoms with Gasteiger partial charge in [-0.1, -0.05) is 0 Å². The number of carbonyl (C=O) groups excluding carboxylic acids is 1. The van der Waals surface area contributed by atoms with Crippen molar-refractivity contribution in [1.82, 2.24) is 5.32 Å². The van der Waals surface area contributed by atoms with Crippen LogP contribution in [-0.2, 0) is 15.7 Å². The molecule has 1 atom stereocenters. The van der Waals surface area contributed by atoms with Crippen LogP contribution in [0.3, 0.4) is 0 Å². The molecule has 0 heterocycles. The first-order chi connectivity index (χ1) is 12.8. The van der Waals surface area contributed by atoms with Crippen molar-refractivity contribution in [2.24, 2.45) is 0 Å². The fourth-order valence-corrected chi connectivity index (χ4v) is 2.11. The van der Waals surface area contributed by atoms with Crippen molar-refractivity contribution < 1.29 is 32.2 Å². The van der Waals surface area contributed by atoms with Gasteiger partial charge in [0.05, 0.1) is 12.2 Å². The second-order valence-electron chi connectivity index (χ2n) is 5.64. The lowest BCUT2D eigenvalue weighted by Gasteiger charge is -2.15. The second kappa shape index (κ2) is 9.27. The van der Waals surface area contributed by atoms with Gasteiger partial charge in [0.25, 0.3) is 5.91 Å². The Bertz CT molecular complexity index is 730. The Kier molecular flexibility index (Phi) is 7.06. The minimum Gasteiger partial charge on any atom is -0.481 e. The molecule has 27 heavy (non-hydrogen) atoms. The molecule has 0 saturated heterocycles. The van der Waals surface area contributed by atoms with Gasteiger partial charge in [0.1, 0.15) is 17.2 Å². The maximum Gasteiger partial charge on any atom is 0.416 e. The molecule has 0 saturated carbocycles. The van der Waals surface area contributed by atoms with E-state index in [-0.39, 0.29) is 11.7 Å². The van der Waals surface area contributed by atoms with Gasteiger partial charge in [-0.15, -0.1) is 0 Å². The van der Waals surface area contributed by atoms with Crippen LogP contribution in [0.2, 0.25) is 0 Å². The van der Waals surface area contributed by atoms with Gasteiger partial charge < -0.3 is 19.5 Å². The number of hydrogen-bond acceptors (Lipinski definition) is 4. The number of benzene rings is 2. The van der Waals surface area contributed by atoms with E-state index >= 15 is 0 Å². The van der Waals surface area contributed by atoms with E-state index in [0.717, 1.165) is 12.1 Å². The molecule has 8 heteroatoms. The number of halogens is 3. The molecule has 1 unspecified atom stereocenters. The molecule has 2 aromatic carbocycles. The molecule has 2 rings (SSSR count). The minimum absolute atomic E-state index is 0.267. The van der Waals surface area contributed by atoms with E-state index in [2.05, 4.69) is 5.32 Å². The number of alkyl halides is 3. The Morgan fingerprint density at radius 1 is 1.00 bits per heavy atom. The third-order valence-electron chi connectivity index (χ3n) is 3.53. The van der Waals surface area contributed by atoms with Crippen molar-refractivity contribution in [2.75, 3.05) is 20.3 Å². The van der Waals surface area contributed by atoms with Crippen LogP contribution in [0.4, 0.5) is 13.2 Å². The molecule has 0 aromatic heterocycles. The molecule has 0 aliphatic rings. The van der Waals surface area contributed by atoms with Crippen molar-refractivity contribution in [3.05, 3.63) is 54.1 Å². The van der Waals surface area contributed by atoms with Crippen molar-refractivity contribution in [1.29, 1.82) is 0 Å². The highest BCUT2D eigenvalue weighted by atomic mass is 19.4. The molecule has 0 fully saturated rings. The fourth-order valence-electron chi connectivity index (χ4n) is 2.11. The minimum atomic E-state index is -4.38. The zero-order valence-electron chi connectivity index (χ0n) is 14.9. The van der Waals surface area contributed by atoms with Gasteiger partial charge in [-0.25, -0.2) is 0 Å². The van der Waals surface area contributed by atoms with Gasteiger partial charge >= 0.3 is 6.18 Å². The predicted octanol–water partition coefficient (Wildman–Crippen LogP) is 4.03. The van der Waals surface area contributed by atoms with Gasteiger partial charge in [-0.2, -0.15) is 13.2 Å². The normalized spacial score (nSPS) is 12.3. The molecule has 2 aromatic rings. The first-order valence-electron chi connectivity index (χ1n) is 8.18. The SMILES string of the molecule is COCCNC(=O)C(C)Oc1ccc(Oc2ccc(C(F)(F)F)cc2)cc1. The lowest BCUT2D eigenvalue weighted by atomic mass is 10.2. The summed E-state index contributed by atoms with van der Waals surface area (Å²) in [6.45, 7) is 2.42. The molecule has 5 nitrogen and oxygen atoms in total. The number of ether oxygens (including phenoxy) is 3. The highest BCUT2D eigenvalue weighted by Crippen LogP contribution is 2.31. The van der Waals surface area contributed by atoms with E-state index in [1.54, 1.807) is 38.3 Å². The number of carbonyl (C=O) groups is 1. The number of methoxy groups -OCH3 is 1. The average molecular weight is 383 g/mol. The van der Waals surface area contributed by atoms with Gasteiger partial charge in [0, 0.05) is 13.7 Å². The molecular formula is C19H20F3NO4. The summed E-state index contributed by atoms with van der Waals surface area (Å²) < 4.78 is 53.5. The monoisotopic (exact) mass is 383 g/mol. The van der Waals surface area contributed by atoms with Crippen LogP contribution in [0.25, 0.3) is 0 Å². The fraction of sp³-hybridized carbons (Fsp3) is 0.316. The van der Waals surface area contributed by atoms with E-state index in [0.29, 0.717) is 24.7 Å². The van der Waals surface area contributed by atoms with E-state index in [4.69, 9.17) is 14.2 Å². The maximum absolute atomic E-state index is 12.5. The van der Waals surface area contributed by atoms with Gasteiger partial charge in [-0.3, -0.25) is 4.79 Å². The zero-order valence-corrected chi connectivity index (χ0v) is 14.9. The number of amides is 1. The molecule has 0 spiro atoms. The topological polar surface area (TPSA) is 56.8 Å². The Morgan fingerprint density at radius 3 is 2.04 bits per heavy atom. The summed E-state index contributed by atoms with van der Waals surface area (Å²) in [7, 11) is 1.54. The van der Waals surface area contributed by atoms with E-state index in [9.17, 15) is 18.0 Å². The van der Waals surface area contributed by atoms with Crippen LogP contribution >= 0.6 is 0 Å². The average Bonchev–Trinajstić information content (AvgIpc) is 2.63. The van der Waals surface area contributed by atoms with E-state index in [1.165, 1.54) is 12.1 Å². The molecular weight excluding hydrogens is 363 g/mol. The van der Waals surface area contributed by atoms with Crippen molar-refractivity contribution in [3.8, 4) is 17.2 Å². The van der Waals surface area contributed by atoms with Crippen LogP contribution < -0.4 is 14.8 Å². The summed E-state index contributed by atoms with van der Waals surface area (Å²) in [6, 6.07) is 10.8. The third-order valence-corrected chi connectivity index (χ3v) is 3.53. The van der Waals surface area contributed by atoms with Crippen molar-refractivity contribution in [3.63, 3.8) is 0 Å². The molecule has 146 valence electrons. The van der Waals surface area contributed by atoms with Gasteiger partial charge in [0.15, 0.2) is 6.10 Å². The predicted molar refractivity (Wildman–Crippen MR) is 92.9 cm³/mol. The highest BCUT2D eigenvalue weighted by molar-refractivity contribution is 5.80.